The maximum atomic E-state index is 13.4. The predicted octanol–water partition coefficient (Wildman–Crippen LogP) is 3.84. The zero-order valence-corrected chi connectivity index (χ0v) is 13.5. The number of aromatic nitrogens is 1. The highest BCUT2D eigenvalue weighted by Crippen LogP contribution is 2.29. The maximum absolute atomic E-state index is 13.4. The Bertz CT molecular complexity index is 861. The fraction of sp³-hybridized carbons (Fsp3) is 0.222. The van der Waals surface area contributed by atoms with Crippen molar-refractivity contribution in [1.82, 2.24) is 15.6 Å². The molecule has 0 saturated heterocycles. The number of pyridine rings is 1. The molecule has 0 aliphatic carbocycles. The average Bonchev–Trinajstić information content (AvgIpc) is 2.90. The molecule has 5 nitrogen and oxygen atoms in total. The number of hydrogen-bond acceptors (Lipinski definition) is 3. The molecule has 0 fully saturated rings. The van der Waals surface area contributed by atoms with Crippen LogP contribution in [0.25, 0.3) is 11.0 Å². The van der Waals surface area contributed by atoms with Gasteiger partial charge in [-0.05, 0) is 43.7 Å². The van der Waals surface area contributed by atoms with Crippen LogP contribution in [0.5, 0.6) is 0 Å². The Morgan fingerprint density at radius 1 is 1.38 bits per heavy atom. The van der Waals surface area contributed by atoms with Crippen LogP contribution in [0.3, 0.4) is 0 Å². The lowest BCUT2D eigenvalue weighted by atomic mass is 10.1. The monoisotopic (exact) mass is 327 g/mol. The second-order valence-electron chi connectivity index (χ2n) is 5.64. The topological polar surface area (TPSA) is 67.2 Å². The summed E-state index contributed by atoms with van der Waals surface area (Å²) in [5.41, 5.74) is 2.34. The van der Waals surface area contributed by atoms with Crippen molar-refractivity contribution < 1.29 is 13.6 Å². The van der Waals surface area contributed by atoms with Crippen LogP contribution >= 0.6 is 0 Å². The lowest BCUT2D eigenvalue weighted by molar-refractivity contribution is 0.236. The Labute approximate surface area is 138 Å². The van der Waals surface area contributed by atoms with Crippen molar-refractivity contribution in [2.75, 3.05) is 0 Å². The molecule has 0 radical (unpaired) electrons. The van der Waals surface area contributed by atoms with Crippen LogP contribution in [-0.4, -0.2) is 11.0 Å². The molecule has 3 aromatic rings. The van der Waals surface area contributed by atoms with Gasteiger partial charge >= 0.3 is 6.03 Å². The van der Waals surface area contributed by atoms with Crippen LogP contribution in [0.4, 0.5) is 9.18 Å². The molecule has 0 aliphatic heterocycles. The first-order valence-corrected chi connectivity index (χ1v) is 7.66. The number of urea groups is 1. The van der Waals surface area contributed by atoms with Gasteiger partial charge in [0.2, 0.25) is 0 Å². The van der Waals surface area contributed by atoms with E-state index in [1.165, 1.54) is 12.1 Å². The van der Waals surface area contributed by atoms with Gasteiger partial charge in [0.15, 0.2) is 0 Å². The van der Waals surface area contributed by atoms with Gasteiger partial charge in [0.1, 0.15) is 17.2 Å². The first kappa shape index (κ1) is 16.0. The van der Waals surface area contributed by atoms with Gasteiger partial charge in [0.25, 0.3) is 0 Å². The second kappa shape index (κ2) is 6.70. The first-order chi connectivity index (χ1) is 11.5. The number of amides is 2. The molecule has 124 valence electrons. The molecular formula is C18H18FN3O2. The molecule has 1 aromatic carbocycles. The molecule has 24 heavy (non-hydrogen) atoms. The minimum atomic E-state index is -0.339. The molecule has 6 heteroatoms. The molecule has 1 atom stereocenters. The van der Waals surface area contributed by atoms with E-state index in [0.29, 0.717) is 17.9 Å². The van der Waals surface area contributed by atoms with Crippen molar-refractivity contribution in [3.63, 3.8) is 0 Å². The van der Waals surface area contributed by atoms with Crippen molar-refractivity contribution in [1.29, 1.82) is 0 Å². The van der Waals surface area contributed by atoms with Crippen molar-refractivity contribution in [3.05, 3.63) is 65.4 Å². The third kappa shape index (κ3) is 3.37. The van der Waals surface area contributed by atoms with E-state index in [2.05, 4.69) is 15.6 Å². The highest BCUT2D eigenvalue weighted by molar-refractivity contribution is 5.82. The van der Waals surface area contributed by atoms with Crippen molar-refractivity contribution in [3.8, 4) is 0 Å². The number of fused-ring (bicyclic) bond motifs is 1. The summed E-state index contributed by atoms with van der Waals surface area (Å²) in [6, 6.07) is 7.44. The normalized spacial score (nSPS) is 12.1. The predicted molar refractivity (Wildman–Crippen MR) is 88.9 cm³/mol. The number of nitrogens with one attached hydrogen (secondary N) is 2. The minimum Gasteiger partial charge on any atom is -0.459 e. The smallest absolute Gasteiger partial charge is 0.315 e. The van der Waals surface area contributed by atoms with E-state index in [0.717, 1.165) is 16.5 Å². The van der Waals surface area contributed by atoms with Crippen LogP contribution in [0.1, 0.15) is 29.9 Å². The highest BCUT2D eigenvalue weighted by atomic mass is 19.1. The van der Waals surface area contributed by atoms with Gasteiger partial charge < -0.3 is 15.1 Å². The molecule has 0 spiro atoms. The van der Waals surface area contributed by atoms with Gasteiger partial charge in [0, 0.05) is 29.9 Å². The van der Waals surface area contributed by atoms with Gasteiger partial charge in [-0.1, -0.05) is 6.07 Å². The molecule has 0 unspecified atom stereocenters. The fourth-order valence-electron chi connectivity index (χ4n) is 2.62. The summed E-state index contributed by atoms with van der Waals surface area (Å²) in [4.78, 5) is 16.0. The van der Waals surface area contributed by atoms with Gasteiger partial charge in [-0.3, -0.25) is 4.98 Å². The summed E-state index contributed by atoms with van der Waals surface area (Å²) < 4.78 is 19.1. The lowest BCUT2D eigenvalue weighted by Crippen LogP contribution is -2.36. The van der Waals surface area contributed by atoms with E-state index in [9.17, 15) is 9.18 Å². The van der Waals surface area contributed by atoms with E-state index in [1.54, 1.807) is 18.5 Å². The first-order valence-electron chi connectivity index (χ1n) is 7.66. The van der Waals surface area contributed by atoms with Gasteiger partial charge in [-0.15, -0.1) is 0 Å². The quantitative estimate of drug-likeness (QED) is 0.765. The number of carbonyl (C=O) groups is 1. The summed E-state index contributed by atoms with van der Waals surface area (Å²) in [6.07, 6.45) is 3.38. The van der Waals surface area contributed by atoms with Crippen LogP contribution < -0.4 is 10.6 Å². The number of halogens is 1. The Morgan fingerprint density at radius 2 is 2.21 bits per heavy atom. The summed E-state index contributed by atoms with van der Waals surface area (Å²) >= 11 is 0. The van der Waals surface area contributed by atoms with E-state index < -0.39 is 0 Å². The zero-order chi connectivity index (χ0) is 17.1. The number of hydrogen-bond donors (Lipinski definition) is 2. The number of nitrogens with zero attached hydrogens (tertiary/aromatic N) is 1. The molecular weight excluding hydrogens is 309 g/mol. The van der Waals surface area contributed by atoms with Gasteiger partial charge in [-0.2, -0.15) is 0 Å². The van der Waals surface area contributed by atoms with E-state index in [-0.39, 0.29) is 17.9 Å². The highest BCUT2D eigenvalue weighted by Gasteiger charge is 2.18. The summed E-state index contributed by atoms with van der Waals surface area (Å²) in [5.74, 6) is 0.305. The molecule has 3 rings (SSSR count). The van der Waals surface area contributed by atoms with Crippen molar-refractivity contribution in [2.45, 2.75) is 26.4 Å². The van der Waals surface area contributed by atoms with Gasteiger partial charge in [0.05, 0.1) is 6.04 Å². The molecule has 0 aliphatic rings. The lowest BCUT2D eigenvalue weighted by Gasteiger charge is -2.13. The van der Waals surface area contributed by atoms with Gasteiger partial charge in [-0.25, -0.2) is 9.18 Å². The number of furan rings is 1. The minimum absolute atomic E-state index is 0.308. The van der Waals surface area contributed by atoms with Crippen LogP contribution in [0.2, 0.25) is 0 Å². The summed E-state index contributed by atoms with van der Waals surface area (Å²) in [5, 5.41) is 6.31. The Morgan fingerprint density at radius 3 is 2.96 bits per heavy atom. The fourth-order valence-corrected chi connectivity index (χ4v) is 2.62. The molecule has 0 bridgehead atoms. The zero-order valence-electron chi connectivity index (χ0n) is 13.5. The average molecular weight is 327 g/mol. The second-order valence-corrected chi connectivity index (χ2v) is 5.64. The standard InChI is InChI=1S/C18H18FN3O2/c1-11-15-8-14(19)5-6-16(15)24-17(11)12(2)22-18(23)21-10-13-4-3-7-20-9-13/h3-9,12H,10H2,1-2H3,(H2,21,22,23)/t12-/m1/s1. The third-order valence-corrected chi connectivity index (χ3v) is 3.85. The largest absolute Gasteiger partial charge is 0.459 e. The Balaban J connectivity index is 1.67. The van der Waals surface area contributed by atoms with E-state index in [1.807, 2.05) is 26.0 Å². The van der Waals surface area contributed by atoms with Crippen LogP contribution in [0, 0.1) is 12.7 Å². The Hall–Kier alpha value is -2.89. The number of carbonyl (C=O) groups excluding carboxylic acids is 1. The maximum Gasteiger partial charge on any atom is 0.315 e. The Kier molecular flexibility index (Phi) is 4.46. The van der Waals surface area contributed by atoms with Crippen molar-refractivity contribution >= 4 is 17.0 Å². The van der Waals surface area contributed by atoms with Crippen molar-refractivity contribution in [2.24, 2.45) is 0 Å². The number of rotatable bonds is 4. The molecule has 2 amide bonds. The van der Waals surface area contributed by atoms with Crippen LogP contribution in [-0.2, 0) is 6.54 Å². The molecule has 2 heterocycles. The number of aryl methyl sites for hydroxylation is 1. The van der Waals surface area contributed by atoms with Crippen LogP contribution in [0.15, 0.2) is 47.1 Å². The summed E-state index contributed by atoms with van der Waals surface area (Å²) in [6.45, 7) is 4.06. The van der Waals surface area contributed by atoms with E-state index >= 15 is 0 Å². The molecule has 2 N–H and O–H groups in total. The third-order valence-electron chi connectivity index (χ3n) is 3.85. The SMILES string of the molecule is Cc1c([C@@H](C)NC(=O)NCc2cccnc2)oc2ccc(F)cc12. The molecule has 0 saturated carbocycles. The summed E-state index contributed by atoms with van der Waals surface area (Å²) in [7, 11) is 0. The van der Waals surface area contributed by atoms with E-state index in [4.69, 9.17) is 4.42 Å². The molecule has 2 aromatic heterocycles. The number of benzene rings is 1.